The third-order valence-electron chi connectivity index (χ3n) is 5.01. The zero-order valence-corrected chi connectivity index (χ0v) is 13.8. The van der Waals surface area contributed by atoms with Crippen LogP contribution in [0.15, 0.2) is 24.3 Å². The lowest BCUT2D eigenvalue weighted by Crippen LogP contribution is -2.41. The first-order valence-corrected chi connectivity index (χ1v) is 8.69. The van der Waals surface area contributed by atoms with Gasteiger partial charge in [0.25, 0.3) is 0 Å². The first kappa shape index (κ1) is 16.3. The van der Waals surface area contributed by atoms with Crippen molar-refractivity contribution >= 4 is 23.5 Å². The maximum atomic E-state index is 12.7. The van der Waals surface area contributed by atoms with Crippen molar-refractivity contribution in [3.05, 3.63) is 34.9 Å². The molecule has 4 nitrogen and oxygen atoms in total. The van der Waals surface area contributed by atoms with Crippen molar-refractivity contribution in [1.82, 2.24) is 4.90 Å². The van der Waals surface area contributed by atoms with Crippen LogP contribution >= 0.6 is 11.6 Å². The summed E-state index contributed by atoms with van der Waals surface area (Å²) in [4.78, 5) is 25.4. The number of benzene rings is 1. The summed E-state index contributed by atoms with van der Waals surface area (Å²) in [6.45, 7) is 1.51. The van der Waals surface area contributed by atoms with Gasteiger partial charge in [-0.2, -0.15) is 0 Å². The molecule has 5 heteroatoms. The molecule has 0 bridgehead atoms. The standard InChI is InChI=1S/C18H22ClNO3/c19-16-6-2-1-5-13(16)14-10-15(14)18(23)20-9-3-4-12(11-20)7-8-17(21)22/h1-2,5-6,12,14-15H,3-4,7-11H2,(H,21,22)/t12-,14-,15-/m0/s1. The van der Waals surface area contributed by atoms with E-state index in [1.54, 1.807) is 0 Å². The van der Waals surface area contributed by atoms with E-state index < -0.39 is 5.97 Å². The Balaban J connectivity index is 1.57. The Morgan fingerprint density at radius 3 is 2.83 bits per heavy atom. The number of rotatable bonds is 5. The van der Waals surface area contributed by atoms with Gasteiger partial charge in [0.05, 0.1) is 0 Å². The molecule has 0 aromatic heterocycles. The number of piperidine rings is 1. The van der Waals surface area contributed by atoms with E-state index in [9.17, 15) is 9.59 Å². The van der Waals surface area contributed by atoms with Crippen molar-refractivity contribution in [2.45, 2.75) is 38.0 Å². The molecule has 1 amide bonds. The number of likely N-dealkylation sites (tertiary alicyclic amines) is 1. The highest BCUT2D eigenvalue weighted by molar-refractivity contribution is 6.31. The Morgan fingerprint density at radius 1 is 1.30 bits per heavy atom. The van der Waals surface area contributed by atoms with Gasteiger partial charge >= 0.3 is 5.97 Å². The number of aliphatic carboxylic acids is 1. The lowest BCUT2D eigenvalue weighted by Gasteiger charge is -2.33. The van der Waals surface area contributed by atoms with Gasteiger partial charge in [0.15, 0.2) is 0 Å². The van der Waals surface area contributed by atoms with E-state index in [1.165, 1.54) is 0 Å². The molecule has 1 saturated heterocycles. The summed E-state index contributed by atoms with van der Waals surface area (Å²) >= 11 is 6.23. The van der Waals surface area contributed by atoms with Crippen molar-refractivity contribution in [2.75, 3.05) is 13.1 Å². The topological polar surface area (TPSA) is 57.6 Å². The minimum atomic E-state index is -0.755. The molecule has 0 spiro atoms. The predicted molar refractivity (Wildman–Crippen MR) is 88.5 cm³/mol. The molecular weight excluding hydrogens is 314 g/mol. The summed E-state index contributed by atoms with van der Waals surface area (Å²) in [5, 5.41) is 9.55. The van der Waals surface area contributed by atoms with Gasteiger partial charge in [-0.15, -0.1) is 0 Å². The predicted octanol–water partition coefficient (Wildman–Crippen LogP) is 3.55. The largest absolute Gasteiger partial charge is 0.481 e. The summed E-state index contributed by atoms with van der Waals surface area (Å²) in [7, 11) is 0. The van der Waals surface area contributed by atoms with Gasteiger partial charge in [0, 0.05) is 30.5 Å². The highest BCUT2D eigenvalue weighted by Crippen LogP contribution is 2.50. The van der Waals surface area contributed by atoms with Crippen LogP contribution < -0.4 is 0 Å². The molecule has 0 unspecified atom stereocenters. The molecule has 1 N–H and O–H groups in total. The molecule has 0 radical (unpaired) electrons. The second-order valence-corrected chi connectivity index (χ2v) is 7.10. The van der Waals surface area contributed by atoms with E-state index in [1.807, 2.05) is 29.2 Å². The van der Waals surface area contributed by atoms with E-state index in [-0.39, 0.29) is 24.2 Å². The molecular formula is C18H22ClNO3. The van der Waals surface area contributed by atoms with Crippen LogP contribution in [0.2, 0.25) is 5.02 Å². The summed E-state index contributed by atoms with van der Waals surface area (Å²) < 4.78 is 0. The Morgan fingerprint density at radius 2 is 2.09 bits per heavy atom. The van der Waals surface area contributed by atoms with Gasteiger partial charge in [-0.25, -0.2) is 0 Å². The third kappa shape index (κ3) is 3.86. The van der Waals surface area contributed by atoms with Crippen molar-refractivity contribution in [1.29, 1.82) is 0 Å². The molecule has 2 fully saturated rings. The van der Waals surface area contributed by atoms with Gasteiger partial charge in [-0.3, -0.25) is 9.59 Å². The van der Waals surface area contributed by atoms with Crippen molar-refractivity contribution < 1.29 is 14.7 Å². The number of carboxylic acids is 1. The van der Waals surface area contributed by atoms with Crippen LogP contribution in [0.25, 0.3) is 0 Å². The summed E-state index contributed by atoms with van der Waals surface area (Å²) in [6, 6.07) is 7.75. The molecule has 3 atom stereocenters. The number of hydrogen-bond acceptors (Lipinski definition) is 2. The number of amides is 1. The van der Waals surface area contributed by atoms with E-state index in [2.05, 4.69) is 0 Å². The fraction of sp³-hybridized carbons (Fsp3) is 0.556. The zero-order valence-electron chi connectivity index (χ0n) is 13.1. The number of carbonyl (C=O) groups is 2. The normalized spacial score (nSPS) is 26.8. The third-order valence-corrected chi connectivity index (χ3v) is 5.35. The molecule has 1 heterocycles. The average molecular weight is 336 g/mol. The average Bonchev–Trinajstić information content (AvgIpc) is 3.33. The van der Waals surface area contributed by atoms with Crippen LogP contribution in [-0.4, -0.2) is 35.0 Å². The molecule has 1 aromatic rings. The zero-order chi connectivity index (χ0) is 16.4. The molecule has 1 aliphatic heterocycles. The van der Waals surface area contributed by atoms with Crippen LogP contribution in [0.5, 0.6) is 0 Å². The van der Waals surface area contributed by atoms with Gasteiger partial charge in [0.1, 0.15) is 0 Å². The van der Waals surface area contributed by atoms with Crippen LogP contribution in [0, 0.1) is 11.8 Å². The molecule has 1 saturated carbocycles. The number of hydrogen-bond donors (Lipinski definition) is 1. The van der Waals surface area contributed by atoms with Gasteiger partial charge < -0.3 is 10.0 Å². The molecule has 23 heavy (non-hydrogen) atoms. The minimum absolute atomic E-state index is 0.0492. The molecule has 3 rings (SSSR count). The SMILES string of the molecule is O=C(O)CC[C@@H]1CCCN(C(=O)[C@H]2C[C@H]2c2ccccc2Cl)C1. The van der Waals surface area contributed by atoms with E-state index in [4.69, 9.17) is 16.7 Å². The lowest BCUT2D eigenvalue weighted by molar-refractivity contribution is -0.137. The highest BCUT2D eigenvalue weighted by Gasteiger charge is 2.46. The number of carboxylic acid groups (broad SMARTS) is 1. The quantitative estimate of drug-likeness (QED) is 0.895. The lowest BCUT2D eigenvalue weighted by atomic mass is 9.93. The number of halogens is 1. The van der Waals surface area contributed by atoms with Gasteiger partial charge in [0.2, 0.25) is 5.91 Å². The van der Waals surface area contributed by atoms with E-state index in [0.29, 0.717) is 18.9 Å². The van der Waals surface area contributed by atoms with Crippen LogP contribution in [0.4, 0.5) is 0 Å². The Bertz CT molecular complexity index is 604. The number of nitrogens with zero attached hydrogens (tertiary/aromatic N) is 1. The summed E-state index contributed by atoms with van der Waals surface area (Å²) in [6.07, 6.45) is 3.73. The van der Waals surface area contributed by atoms with Crippen LogP contribution in [0.3, 0.4) is 0 Å². The maximum absolute atomic E-state index is 12.7. The van der Waals surface area contributed by atoms with Crippen molar-refractivity contribution in [3.63, 3.8) is 0 Å². The second kappa shape index (κ2) is 6.91. The molecule has 124 valence electrons. The molecule has 1 aromatic carbocycles. The molecule has 2 aliphatic rings. The van der Waals surface area contributed by atoms with Crippen molar-refractivity contribution in [2.24, 2.45) is 11.8 Å². The Hall–Kier alpha value is -1.55. The molecule has 1 aliphatic carbocycles. The maximum Gasteiger partial charge on any atom is 0.303 e. The first-order valence-electron chi connectivity index (χ1n) is 8.31. The minimum Gasteiger partial charge on any atom is -0.481 e. The second-order valence-electron chi connectivity index (χ2n) is 6.70. The fourth-order valence-corrected chi connectivity index (χ4v) is 3.93. The Labute approximate surface area is 141 Å². The van der Waals surface area contributed by atoms with Crippen LogP contribution in [-0.2, 0) is 9.59 Å². The van der Waals surface area contributed by atoms with E-state index in [0.717, 1.165) is 36.4 Å². The van der Waals surface area contributed by atoms with Gasteiger partial charge in [-0.05, 0) is 49.1 Å². The smallest absolute Gasteiger partial charge is 0.303 e. The highest BCUT2D eigenvalue weighted by atomic mass is 35.5. The van der Waals surface area contributed by atoms with Crippen LogP contribution in [0.1, 0.15) is 43.6 Å². The number of carbonyl (C=O) groups excluding carboxylic acids is 1. The first-order chi connectivity index (χ1) is 11.1. The van der Waals surface area contributed by atoms with E-state index >= 15 is 0 Å². The fourth-order valence-electron chi connectivity index (χ4n) is 3.65. The van der Waals surface area contributed by atoms with Crippen molar-refractivity contribution in [3.8, 4) is 0 Å². The Kier molecular flexibility index (Phi) is 4.90. The monoisotopic (exact) mass is 335 g/mol. The summed E-state index contributed by atoms with van der Waals surface area (Å²) in [5.74, 6) is 0.0782. The summed E-state index contributed by atoms with van der Waals surface area (Å²) in [5.41, 5.74) is 1.08. The van der Waals surface area contributed by atoms with Gasteiger partial charge in [-0.1, -0.05) is 29.8 Å².